The topological polar surface area (TPSA) is 134 Å². The fourth-order valence-electron chi connectivity index (χ4n) is 4.40. The molecule has 2 aromatic carbocycles. The summed E-state index contributed by atoms with van der Waals surface area (Å²) in [5.41, 5.74) is 1.64. The monoisotopic (exact) mass is 599 g/mol. The summed E-state index contributed by atoms with van der Waals surface area (Å²) in [5, 5.41) is 19.2. The summed E-state index contributed by atoms with van der Waals surface area (Å²) in [6.07, 6.45) is 1.50. The Kier molecular flexibility index (Phi) is 13.3. The highest BCUT2D eigenvalue weighted by atomic mass is 32.1. The number of nitrogens with one attached hydrogen (secondary N) is 3. The lowest BCUT2D eigenvalue weighted by molar-refractivity contribution is -0.151. The molecule has 0 bridgehead atoms. The Bertz CT molecular complexity index is 1180. The summed E-state index contributed by atoms with van der Waals surface area (Å²) < 4.78 is 5.57. The van der Waals surface area contributed by atoms with E-state index in [-0.39, 0.29) is 25.0 Å². The van der Waals surface area contributed by atoms with E-state index < -0.39 is 60.4 Å². The first-order valence-electron chi connectivity index (χ1n) is 13.5. The first-order chi connectivity index (χ1) is 19.8. The number of rotatable bonds is 8. The number of cyclic esters (lactones) is 1. The van der Waals surface area contributed by atoms with Crippen LogP contribution in [-0.2, 0) is 36.8 Å². The molecule has 1 aliphatic heterocycles. The van der Waals surface area contributed by atoms with Crippen LogP contribution in [0.1, 0.15) is 30.4 Å². The lowest BCUT2D eigenvalue weighted by Crippen LogP contribution is -2.57. The Morgan fingerprint density at radius 2 is 1.41 bits per heavy atom. The molecule has 3 amide bonds. The van der Waals surface area contributed by atoms with Crippen LogP contribution in [-0.4, -0.2) is 70.6 Å². The number of esters is 1. The molecule has 2 aromatic rings. The SMILES string of the molecule is O=C1C[C@@H](/C=C/CCS)OC(=O)C[C@H](O)[C@@H](Cc2ccccc2)NC(=O)[C@@H](CS)NC(=O)[C@@H](Cc2ccccc2)N1. The zero-order chi connectivity index (χ0) is 29.6. The summed E-state index contributed by atoms with van der Waals surface area (Å²) >= 11 is 8.44. The van der Waals surface area contributed by atoms with Crippen molar-refractivity contribution in [2.75, 3.05) is 11.5 Å². The van der Waals surface area contributed by atoms with E-state index in [0.717, 1.165) is 11.1 Å². The Morgan fingerprint density at radius 1 is 0.805 bits per heavy atom. The Balaban J connectivity index is 1.92. The van der Waals surface area contributed by atoms with Gasteiger partial charge in [0.05, 0.1) is 25.0 Å². The lowest BCUT2D eigenvalue weighted by Gasteiger charge is -2.27. The average molecular weight is 600 g/mol. The van der Waals surface area contributed by atoms with Gasteiger partial charge in [0.2, 0.25) is 17.7 Å². The second kappa shape index (κ2) is 16.9. The molecule has 0 unspecified atom stereocenters. The molecular formula is C30H37N3O6S2. The molecule has 1 saturated heterocycles. The molecule has 220 valence electrons. The molecule has 1 aliphatic rings. The highest BCUT2D eigenvalue weighted by Crippen LogP contribution is 2.14. The van der Waals surface area contributed by atoms with Gasteiger partial charge in [-0.25, -0.2) is 0 Å². The molecule has 11 heteroatoms. The van der Waals surface area contributed by atoms with Crippen LogP contribution in [0.3, 0.4) is 0 Å². The van der Waals surface area contributed by atoms with Gasteiger partial charge in [-0.05, 0) is 35.8 Å². The minimum atomic E-state index is -1.30. The number of aliphatic hydroxyl groups is 1. The van der Waals surface area contributed by atoms with Crippen LogP contribution in [0, 0.1) is 0 Å². The van der Waals surface area contributed by atoms with Crippen molar-refractivity contribution in [2.24, 2.45) is 0 Å². The number of hydrogen-bond donors (Lipinski definition) is 6. The summed E-state index contributed by atoms with van der Waals surface area (Å²) in [6, 6.07) is 15.4. The van der Waals surface area contributed by atoms with Crippen LogP contribution >= 0.6 is 25.3 Å². The van der Waals surface area contributed by atoms with Crippen LogP contribution in [0.5, 0.6) is 0 Å². The molecule has 0 aliphatic carbocycles. The van der Waals surface area contributed by atoms with Crippen molar-refractivity contribution >= 4 is 48.9 Å². The van der Waals surface area contributed by atoms with Crippen LogP contribution in [0.25, 0.3) is 0 Å². The van der Waals surface area contributed by atoms with Crippen molar-refractivity contribution in [1.29, 1.82) is 0 Å². The number of thiol groups is 2. The summed E-state index contributed by atoms with van der Waals surface area (Å²) in [7, 11) is 0. The van der Waals surface area contributed by atoms with E-state index in [1.54, 1.807) is 12.2 Å². The van der Waals surface area contributed by atoms with Crippen molar-refractivity contribution in [2.45, 2.75) is 62.4 Å². The van der Waals surface area contributed by atoms with E-state index in [9.17, 15) is 24.3 Å². The highest BCUT2D eigenvalue weighted by molar-refractivity contribution is 7.80. The van der Waals surface area contributed by atoms with Gasteiger partial charge in [-0.1, -0.05) is 66.7 Å². The molecule has 3 rings (SSSR count). The molecule has 0 saturated carbocycles. The third-order valence-electron chi connectivity index (χ3n) is 6.53. The van der Waals surface area contributed by atoms with Crippen molar-refractivity contribution in [3.8, 4) is 0 Å². The van der Waals surface area contributed by atoms with Gasteiger partial charge in [-0.15, -0.1) is 0 Å². The second-order valence-electron chi connectivity index (χ2n) is 9.80. The van der Waals surface area contributed by atoms with E-state index in [0.29, 0.717) is 12.2 Å². The first kappa shape index (κ1) is 32.2. The van der Waals surface area contributed by atoms with Gasteiger partial charge in [-0.3, -0.25) is 19.2 Å². The third kappa shape index (κ3) is 10.9. The standard InChI is InChI=1S/C30H37N3O6S2/c34-26-18-28(36)39-22(13-7-8-14-40)17-27(35)31-24(16-21-11-5-2-6-12-21)29(37)33-25(19-41)30(38)32-23(26)15-20-9-3-1-4-10-20/h1-7,9-13,22-26,34,40-41H,8,14-19H2,(H,31,35)(H,32,38)(H,33,37)/b13-7+/t22-,23-,24-,25-,26+/m1/s1. The molecule has 5 atom stereocenters. The molecule has 4 N–H and O–H groups in total. The number of aliphatic hydroxyl groups excluding tert-OH is 1. The van der Waals surface area contributed by atoms with Crippen LogP contribution in [0.15, 0.2) is 72.8 Å². The van der Waals surface area contributed by atoms with Gasteiger partial charge < -0.3 is 25.8 Å². The van der Waals surface area contributed by atoms with E-state index in [1.165, 1.54) is 0 Å². The first-order valence-corrected chi connectivity index (χ1v) is 14.8. The minimum absolute atomic E-state index is 0.0300. The molecule has 0 spiro atoms. The quantitative estimate of drug-likeness (QED) is 0.156. The number of hydrogen-bond acceptors (Lipinski definition) is 8. The number of amides is 3. The predicted octanol–water partition coefficient (Wildman–Crippen LogP) is 1.80. The van der Waals surface area contributed by atoms with Crippen molar-refractivity contribution < 1.29 is 29.0 Å². The zero-order valence-electron chi connectivity index (χ0n) is 22.6. The molecule has 0 radical (unpaired) electrons. The fourth-order valence-corrected chi connectivity index (χ4v) is 4.80. The van der Waals surface area contributed by atoms with E-state index in [4.69, 9.17) is 4.74 Å². The number of carbonyl (C=O) groups excluding carboxylic acids is 4. The van der Waals surface area contributed by atoms with Gasteiger partial charge in [0.1, 0.15) is 18.2 Å². The summed E-state index contributed by atoms with van der Waals surface area (Å²) in [4.78, 5) is 52.6. The lowest BCUT2D eigenvalue weighted by atomic mass is 9.98. The molecule has 0 aromatic heterocycles. The minimum Gasteiger partial charge on any atom is -0.457 e. The average Bonchev–Trinajstić information content (AvgIpc) is 2.95. The van der Waals surface area contributed by atoms with Gasteiger partial charge in [0.15, 0.2) is 0 Å². The summed E-state index contributed by atoms with van der Waals surface area (Å²) in [6.45, 7) is 0. The molecule has 9 nitrogen and oxygen atoms in total. The maximum atomic E-state index is 13.4. The van der Waals surface area contributed by atoms with Gasteiger partial charge >= 0.3 is 5.97 Å². The van der Waals surface area contributed by atoms with E-state index >= 15 is 0 Å². The van der Waals surface area contributed by atoms with E-state index in [1.807, 2.05) is 60.7 Å². The molecule has 1 fully saturated rings. The largest absolute Gasteiger partial charge is 0.457 e. The maximum Gasteiger partial charge on any atom is 0.309 e. The van der Waals surface area contributed by atoms with Gasteiger partial charge in [0.25, 0.3) is 0 Å². The Hall–Kier alpha value is -3.28. The fraction of sp³-hybridized carbons (Fsp3) is 0.400. The van der Waals surface area contributed by atoms with Crippen LogP contribution in [0.4, 0.5) is 0 Å². The van der Waals surface area contributed by atoms with Crippen molar-refractivity contribution in [3.63, 3.8) is 0 Å². The van der Waals surface area contributed by atoms with Gasteiger partial charge in [-0.2, -0.15) is 25.3 Å². The van der Waals surface area contributed by atoms with Crippen LogP contribution in [0.2, 0.25) is 0 Å². The predicted molar refractivity (Wildman–Crippen MR) is 163 cm³/mol. The van der Waals surface area contributed by atoms with Crippen molar-refractivity contribution in [1.82, 2.24) is 16.0 Å². The van der Waals surface area contributed by atoms with Crippen molar-refractivity contribution in [3.05, 3.63) is 83.9 Å². The number of benzene rings is 2. The summed E-state index contributed by atoms with van der Waals surface area (Å²) in [5.74, 6) is -1.85. The smallest absolute Gasteiger partial charge is 0.309 e. The van der Waals surface area contributed by atoms with Gasteiger partial charge in [0, 0.05) is 12.2 Å². The molecule has 41 heavy (non-hydrogen) atoms. The molecular weight excluding hydrogens is 562 g/mol. The maximum absolute atomic E-state index is 13.4. The zero-order valence-corrected chi connectivity index (χ0v) is 24.4. The normalized spacial score (nSPS) is 24.9. The number of allylic oxidation sites excluding steroid dienone is 1. The molecule has 1 heterocycles. The van der Waals surface area contributed by atoms with Crippen LogP contribution < -0.4 is 16.0 Å². The second-order valence-corrected chi connectivity index (χ2v) is 10.6. The number of ether oxygens (including phenoxy) is 1. The third-order valence-corrected chi connectivity index (χ3v) is 7.16. The highest BCUT2D eigenvalue weighted by Gasteiger charge is 2.32. The Labute approximate surface area is 251 Å². The van der Waals surface area contributed by atoms with E-state index in [2.05, 4.69) is 41.2 Å². The Morgan fingerprint density at radius 3 is 2.02 bits per heavy atom. The number of carbonyl (C=O) groups is 4.